The molecular formula is C21H25N7O3. The summed E-state index contributed by atoms with van der Waals surface area (Å²) in [5, 5.41) is 12.1. The number of nitrogens with zero attached hydrogens (tertiary/aromatic N) is 6. The van der Waals surface area contributed by atoms with E-state index in [4.69, 9.17) is 9.84 Å². The summed E-state index contributed by atoms with van der Waals surface area (Å²) in [6, 6.07) is 1.99. The molecule has 0 aromatic carbocycles. The van der Waals surface area contributed by atoms with E-state index in [1.165, 1.54) is 6.20 Å². The molecule has 5 rings (SSSR count). The van der Waals surface area contributed by atoms with Crippen LogP contribution in [0, 0.1) is 5.92 Å². The summed E-state index contributed by atoms with van der Waals surface area (Å²) >= 11 is 0. The fourth-order valence-corrected chi connectivity index (χ4v) is 4.35. The van der Waals surface area contributed by atoms with Crippen molar-refractivity contribution in [3.8, 4) is 0 Å². The third kappa shape index (κ3) is 3.90. The van der Waals surface area contributed by atoms with Crippen molar-refractivity contribution < 1.29 is 14.3 Å². The number of fused-ring (bicyclic) bond motifs is 1. The second-order valence-electron chi connectivity index (χ2n) is 8.05. The molecule has 1 aliphatic carbocycles. The minimum atomic E-state index is -0.271. The lowest BCUT2D eigenvalue weighted by Crippen LogP contribution is -2.37. The number of amides is 1. The van der Waals surface area contributed by atoms with Gasteiger partial charge in [0.05, 0.1) is 31.6 Å². The van der Waals surface area contributed by atoms with Gasteiger partial charge in [0.2, 0.25) is 0 Å². The first-order chi connectivity index (χ1) is 15.2. The Bertz CT molecular complexity index is 1080. The molecule has 1 aliphatic heterocycles. The van der Waals surface area contributed by atoms with Crippen molar-refractivity contribution in [1.82, 2.24) is 24.4 Å². The van der Waals surface area contributed by atoms with Crippen LogP contribution >= 0.6 is 0 Å². The van der Waals surface area contributed by atoms with E-state index in [-0.39, 0.29) is 17.9 Å². The van der Waals surface area contributed by atoms with Gasteiger partial charge in [-0.1, -0.05) is 0 Å². The van der Waals surface area contributed by atoms with Gasteiger partial charge in [-0.3, -0.25) is 9.48 Å². The van der Waals surface area contributed by atoms with Crippen molar-refractivity contribution in [2.75, 3.05) is 36.5 Å². The molecule has 1 saturated carbocycles. The Hall–Kier alpha value is -3.27. The molecule has 2 aliphatic rings. The van der Waals surface area contributed by atoms with Crippen molar-refractivity contribution in [2.24, 2.45) is 5.92 Å². The molecule has 3 aromatic rings. The zero-order valence-electron chi connectivity index (χ0n) is 17.2. The number of anilines is 2. The second kappa shape index (κ2) is 8.46. The molecule has 4 heterocycles. The van der Waals surface area contributed by atoms with Gasteiger partial charge in [-0.15, -0.1) is 0 Å². The first kappa shape index (κ1) is 19.7. The van der Waals surface area contributed by atoms with Crippen LogP contribution in [0.5, 0.6) is 0 Å². The molecule has 31 heavy (non-hydrogen) atoms. The number of hydrogen-bond donors (Lipinski definition) is 1. The second-order valence-corrected chi connectivity index (χ2v) is 8.05. The fourth-order valence-electron chi connectivity index (χ4n) is 4.35. The number of carbonyl (C=O) groups excluding carboxylic acids is 2. The monoisotopic (exact) mass is 423 g/mol. The summed E-state index contributed by atoms with van der Waals surface area (Å²) in [6.07, 6.45) is 11.4. The molecule has 10 heteroatoms. The average molecular weight is 423 g/mol. The Labute approximate surface area is 179 Å². The molecule has 3 aromatic heterocycles. The first-order valence-electron chi connectivity index (χ1n) is 10.7. The van der Waals surface area contributed by atoms with Gasteiger partial charge >= 0.3 is 0 Å². The molecular weight excluding hydrogens is 398 g/mol. The van der Waals surface area contributed by atoms with Crippen molar-refractivity contribution in [3.05, 3.63) is 36.4 Å². The molecule has 10 nitrogen and oxygen atoms in total. The van der Waals surface area contributed by atoms with Gasteiger partial charge in [0.25, 0.3) is 5.91 Å². The van der Waals surface area contributed by atoms with Gasteiger partial charge < -0.3 is 19.7 Å². The molecule has 0 radical (unpaired) electrons. The van der Waals surface area contributed by atoms with E-state index in [0.717, 1.165) is 50.9 Å². The van der Waals surface area contributed by atoms with Crippen molar-refractivity contribution in [1.29, 1.82) is 0 Å². The van der Waals surface area contributed by atoms with Crippen molar-refractivity contribution in [3.63, 3.8) is 0 Å². The standard InChI is InChI=1S/C21H25N7O3/c29-14-15-2-4-16(5-3-15)28-13-18(20(25-28)26-8-10-31-11-9-26)24-21(30)17-12-23-27-7-1-6-22-19(17)27/h1,6-7,12-16H,2-5,8-11H2,(H,24,30). The Morgan fingerprint density at radius 3 is 2.77 bits per heavy atom. The minimum Gasteiger partial charge on any atom is -0.378 e. The van der Waals surface area contributed by atoms with Crippen LogP contribution in [0.4, 0.5) is 11.5 Å². The van der Waals surface area contributed by atoms with Gasteiger partial charge in [-0.25, -0.2) is 9.50 Å². The van der Waals surface area contributed by atoms with Gasteiger partial charge in [-0.05, 0) is 31.7 Å². The normalized spacial score (nSPS) is 21.9. The largest absolute Gasteiger partial charge is 0.378 e. The van der Waals surface area contributed by atoms with Crippen molar-refractivity contribution >= 4 is 29.3 Å². The molecule has 0 unspecified atom stereocenters. The molecule has 162 valence electrons. The highest BCUT2D eigenvalue weighted by atomic mass is 16.5. The number of morpholine rings is 1. The maximum absolute atomic E-state index is 13.1. The molecule has 1 N–H and O–H groups in total. The van der Waals surface area contributed by atoms with E-state index in [9.17, 15) is 9.59 Å². The van der Waals surface area contributed by atoms with Gasteiger partial charge in [-0.2, -0.15) is 10.2 Å². The first-order valence-corrected chi connectivity index (χ1v) is 10.7. The Morgan fingerprint density at radius 1 is 1.19 bits per heavy atom. The summed E-state index contributed by atoms with van der Waals surface area (Å²) in [5.74, 6) is 0.624. The number of carbonyl (C=O) groups is 2. The van der Waals surface area contributed by atoms with E-state index in [1.54, 1.807) is 23.0 Å². The maximum Gasteiger partial charge on any atom is 0.261 e. The van der Waals surface area contributed by atoms with E-state index in [0.29, 0.717) is 30.1 Å². The molecule has 1 amide bonds. The van der Waals surface area contributed by atoms with Crippen LogP contribution in [-0.4, -0.2) is 62.9 Å². The zero-order valence-corrected chi connectivity index (χ0v) is 17.2. The zero-order chi connectivity index (χ0) is 21.2. The average Bonchev–Trinajstić information content (AvgIpc) is 3.44. The number of rotatable bonds is 5. The Balaban J connectivity index is 1.42. The lowest BCUT2D eigenvalue weighted by molar-refractivity contribution is -0.112. The van der Waals surface area contributed by atoms with Gasteiger partial charge in [0.15, 0.2) is 11.5 Å². The molecule has 2 fully saturated rings. The summed E-state index contributed by atoms with van der Waals surface area (Å²) in [7, 11) is 0. The van der Waals surface area contributed by atoms with E-state index in [2.05, 4.69) is 20.3 Å². The summed E-state index contributed by atoms with van der Waals surface area (Å²) in [6.45, 7) is 2.69. The van der Waals surface area contributed by atoms with Crippen LogP contribution in [0.25, 0.3) is 5.65 Å². The lowest BCUT2D eigenvalue weighted by Gasteiger charge is -2.28. The van der Waals surface area contributed by atoms with Crippen LogP contribution in [0.1, 0.15) is 42.1 Å². The fraction of sp³-hybridized carbons (Fsp3) is 0.476. The number of nitrogens with one attached hydrogen (secondary N) is 1. The minimum absolute atomic E-state index is 0.146. The highest BCUT2D eigenvalue weighted by molar-refractivity contribution is 6.09. The SMILES string of the molecule is O=CC1CCC(n2cc(NC(=O)c3cnn4cccnc34)c(N3CCOCC3)n2)CC1. The van der Waals surface area contributed by atoms with Crippen LogP contribution in [-0.2, 0) is 9.53 Å². The highest BCUT2D eigenvalue weighted by Gasteiger charge is 2.27. The van der Waals surface area contributed by atoms with E-state index < -0.39 is 0 Å². The number of aldehydes is 1. The number of hydrogen-bond acceptors (Lipinski definition) is 7. The van der Waals surface area contributed by atoms with Crippen molar-refractivity contribution in [2.45, 2.75) is 31.7 Å². The van der Waals surface area contributed by atoms with Gasteiger partial charge in [0, 0.05) is 31.4 Å². The Morgan fingerprint density at radius 2 is 2.00 bits per heavy atom. The highest BCUT2D eigenvalue weighted by Crippen LogP contribution is 2.34. The summed E-state index contributed by atoms with van der Waals surface area (Å²) in [4.78, 5) is 30.6. The molecule has 0 atom stereocenters. The predicted molar refractivity (Wildman–Crippen MR) is 113 cm³/mol. The van der Waals surface area contributed by atoms with E-state index >= 15 is 0 Å². The lowest BCUT2D eigenvalue weighted by atomic mass is 9.87. The molecule has 0 spiro atoms. The van der Waals surface area contributed by atoms with Crippen LogP contribution in [0.15, 0.2) is 30.9 Å². The third-order valence-corrected chi connectivity index (χ3v) is 6.10. The Kier molecular flexibility index (Phi) is 5.37. The summed E-state index contributed by atoms with van der Waals surface area (Å²) in [5.41, 5.74) is 1.58. The molecule has 1 saturated heterocycles. The third-order valence-electron chi connectivity index (χ3n) is 6.10. The van der Waals surface area contributed by atoms with E-state index in [1.807, 2.05) is 10.9 Å². The number of ether oxygens (including phenoxy) is 1. The smallest absolute Gasteiger partial charge is 0.261 e. The number of aromatic nitrogens is 5. The van der Waals surface area contributed by atoms with Crippen LogP contribution in [0.3, 0.4) is 0 Å². The van der Waals surface area contributed by atoms with Crippen LogP contribution in [0.2, 0.25) is 0 Å². The summed E-state index contributed by atoms with van der Waals surface area (Å²) < 4.78 is 9.01. The van der Waals surface area contributed by atoms with Gasteiger partial charge in [0.1, 0.15) is 17.5 Å². The topological polar surface area (TPSA) is 107 Å². The van der Waals surface area contributed by atoms with Crippen LogP contribution < -0.4 is 10.2 Å². The maximum atomic E-state index is 13.1. The predicted octanol–water partition coefficient (Wildman–Crippen LogP) is 1.94. The molecule has 0 bridgehead atoms. The quantitative estimate of drug-likeness (QED) is 0.625.